The molecule has 6 nitrogen and oxygen atoms in total. The molecular formula is C19H26N4O2S. The van der Waals surface area contributed by atoms with E-state index in [0.29, 0.717) is 30.9 Å². The molecule has 7 heteroatoms. The van der Waals surface area contributed by atoms with E-state index in [1.807, 2.05) is 31.2 Å². The molecule has 3 rings (SSSR count). The Morgan fingerprint density at radius 1 is 1.38 bits per heavy atom. The first kappa shape index (κ1) is 18.8. The van der Waals surface area contributed by atoms with E-state index in [-0.39, 0.29) is 5.91 Å². The minimum Gasteiger partial charge on any atom is -0.492 e. The minimum atomic E-state index is -0.0145. The van der Waals surface area contributed by atoms with Gasteiger partial charge in [0, 0.05) is 12.0 Å². The summed E-state index contributed by atoms with van der Waals surface area (Å²) in [5, 5.41) is 12.3. The molecule has 0 radical (unpaired) electrons. The largest absolute Gasteiger partial charge is 0.492 e. The molecule has 140 valence electrons. The Kier molecular flexibility index (Phi) is 6.19. The second kappa shape index (κ2) is 8.58. The molecule has 26 heavy (non-hydrogen) atoms. The summed E-state index contributed by atoms with van der Waals surface area (Å²) in [5.74, 6) is 2.51. The van der Waals surface area contributed by atoms with Crippen LogP contribution in [0.3, 0.4) is 0 Å². The van der Waals surface area contributed by atoms with E-state index in [1.54, 1.807) is 0 Å². The average molecular weight is 375 g/mol. The van der Waals surface area contributed by atoms with Crippen LogP contribution < -0.4 is 10.1 Å². The summed E-state index contributed by atoms with van der Waals surface area (Å²) in [6.45, 7) is 7.21. The van der Waals surface area contributed by atoms with Crippen LogP contribution in [0, 0.1) is 6.92 Å². The summed E-state index contributed by atoms with van der Waals surface area (Å²) >= 11 is 1.45. The van der Waals surface area contributed by atoms with Crippen molar-refractivity contribution in [1.29, 1.82) is 0 Å². The monoisotopic (exact) mass is 374 g/mol. The number of aromatic nitrogens is 3. The summed E-state index contributed by atoms with van der Waals surface area (Å²) in [5.41, 5.74) is 1.16. The van der Waals surface area contributed by atoms with Gasteiger partial charge in [0.2, 0.25) is 5.91 Å². The smallest absolute Gasteiger partial charge is 0.230 e. The van der Waals surface area contributed by atoms with Crippen LogP contribution in [-0.4, -0.2) is 39.6 Å². The summed E-state index contributed by atoms with van der Waals surface area (Å²) < 4.78 is 7.85. The molecule has 0 spiro atoms. The highest BCUT2D eigenvalue weighted by Crippen LogP contribution is 2.40. The predicted octanol–water partition coefficient (Wildman–Crippen LogP) is 3.33. The van der Waals surface area contributed by atoms with Crippen LogP contribution in [0.25, 0.3) is 0 Å². The lowest BCUT2D eigenvalue weighted by atomic mass is 10.2. The van der Waals surface area contributed by atoms with E-state index < -0.39 is 0 Å². The number of carbonyl (C=O) groups is 1. The first-order valence-electron chi connectivity index (χ1n) is 9.08. The maximum Gasteiger partial charge on any atom is 0.230 e. The fourth-order valence-electron chi connectivity index (χ4n) is 2.70. The van der Waals surface area contributed by atoms with Crippen molar-refractivity contribution < 1.29 is 9.53 Å². The van der Waals surface area contributed by atoms with Gasteiger partial charge in [0.1, 0.15) is 18.2 Å². The third-order valence-electron chi connectivity index (χ3n) is 4.13. The van der Waals surface area contributed by atoms with Crippen molar-refractivity contribution in [2.24, 2.45) is 0 Å². The van der Waals surface area contributed by atoms with Gasteiger partial charge in [-0.1, -0.05) is 37.7 Å². The molecule has 1 aromatic carbocycles. The summed E-state index contributed by atoms with van der Waals surface area (Å²) in [4.78, 5) is 12.1. The van der Waals surface area contributed by atoms with E-state index in [4.69, 9.17) is 4.74 Å². The van der Waals surface area contributed by atoms with E-state index >= 15 is 0 Å². The Balaban J connectivity index is 1.42. The first-order valence-corrected chi connectivity index (χ1v) is 10.1. The summed E-state index contributed by atoms with van der Waals surface area (Å²) in [6, 6.07) is 8.39. The lowest BCUT2D eigenvalue weighted by Gasteiger charge is -2.11. The average Bonchev–Trinajstić information content (AvgIpc) is 3.35. The molecule has 2 aromatic rings. The number of carbonyl (C=O) groups excluding carboxylic acids is 1. The van der Waals surface area contributed by atoms with Crippen LogP contribution in [0.1, 0.15) is 50.0 Å². The maximum atomic E-state index is 12.1. The van der Waals surface area contributed by atoms with Gasteiger partial charge in [0.25, 0.3) is 0 Å². The zero-order valence-corrected chi connectivity index (χ0v) is 16.4. The van der Waals surface area contributed by atoms with Gasteiger partial charge in [-0.25, -0.2) is 0 Å². The second-order valence-electron chi connectivity index (χ2n) is 6.90. The van der Waals surface area contributed by atoms with Gasteiger partial charge in [-0.05, 0) is 37.5 Å². The highest BCUT2D eigenvalue weighted by Gasteiger charge is 2.30. The molecule has 0 saturated heterocycles. The molecule has 0 aliphatic heterocycles. The van der Waals surface area contributed by atoms with Crippen molar-refractivity contribution in [2.45, 2.75) is 50.7 Å². The topological polar surface area (TPSA) is 69.0 Å². The van der Waals surface area contributed by atoms with E-state index in [9.17, 15) is 4.79 Å². The number of ether oxygens (including phenoxy) is 1. The molecule has 1 N–H and O–H groups in total. The molecule has 1 saturated carbocycles. The molecule has 0 atom stereocenters. The van der Waals surface area contributed by atoms with Crippen LogP contribution >= 0.6 is 11.8 Å². The fraction of sp³-hybridized carbons (Fsp3) is 0.526. The second-order valence-corrected chi connectivity index (χ2v) is 7.84. The molecule has 0 bridgehead atoms. The van der Waals surface area contributed by atoms with Crippen molar-refractivity contribution >= 4 is 17.7 Å². The molecule has 0 unspecified atom stereocenters. The third-order valence-corrected chi connectivity index (χ3v) is 5.08. The first-order chi connectivity index (χ1) is 12.5. The van der Waals surface area contributed by atoms with Gasteiger partial charge in [0.15, 0.2) is 5.16 Å². The Labute approximate surface area is 158 Å². The van der Waals surface area contributed by atoms with Crippen molar-refractivity contribution in [3.63, 3.8) is 0 Å². The van der Waals surface area contributed by atoms with Gasteiger partial charge in [0.05, 0.1) is 12.3 Å². The minimum absolute atomic E-state index is 0.0145. The number of thioether (sulfide) groups is 1. The molecular weight excluding hydrogens is 348 g/mol. The quantitative estimate of drug-likeness (QED) is 0.539. The Bertz CT molecular complexity index is 756. The summed E-state index contributed by atoms with van der Waals surface area (Å²) in [7, 11) is 0. The fourth-order valence-corrected chi connectivity index (χ4v) is 3.54. The highest BCUT2D eigenvalue weighted by atomic mass is 32.2. The lowest BCUT2D eigenvalue weighted by Crippen LogP contribution is -2.29. The van der Waals surface area contributed by atoms with E-state index in [1.165, 1.54) is 24.6 Å². The highest BCUT2D eigenvalue weighted by molar-refractivity contribution is 7.99. The zero-order chi connectivity index (χ0) is 18.5. The zero-order valence-electron chi connectivity index (χ0n) is 15.6. The number of rotatable bonds is 9. The van der Waals surface area contributed by atoms with Crippen molar-refractivity contribution in [2.75, 3.05) is 18.9 Å². The van der Waals surface area contributed by atoms with Gasteiger partial charge < -0.3 is 14.6 Å². The molecule has 1 aromatic heterocycles. The van der Waals surface area contributed by atoms with Crippen molar-refractivity contribution in [3.05, 3.63) is 35.7 Å². The Morgan fingerprint density at radius 3 is 2.88 bits per heavy atom. The SMILES string of the molecule is Cc1cccc(OCCNC(=O)CSc2nnc(C(C)C)n2C2CC2)c1. The number of hydrogen-bond donors (Lipinski definition) is 1. The predicted molar refractivity (Wildman–Crippen MR) is 103 cm³/mol. The third kappa shape index (κ3) is 5.00. The van der Waals surface area contributed by atoms with Crippen LogP contribution in [-0.2, 0) is 4.79 Å². The standard InChI is InChI=1S/C19H26N4O2S/c1-13(2)18-21-22-19(23(18)15-7-8-15)26-12-17(24)20-9-10-25-16-6-4-5-14(3)11-16/h4-6,11,13,15H,7-10,12H2,1-3H3,(H,20,24). The van der Waals surface area contributed by atoms with Gasteiger partial charge in [-0.3, -0.25) is 4.79 Å². The van der Waals surface area contributed by atoms with Crippen LogP contribution in [0.4, 0.5) is 0 Å². The van der Waals surface area contributed by atoms with Gasteiger partial charge in [-0.2, -0.15) is 0 Å². The number of amides is 1. The molecule has 1 aliphatic carbocycles. The van der Waals surface area contributed by atoms with Gasteiger partial charge in [-0.15, -0.1) is 10.2 Å². The van der Waals surface area contributed by atoms with Crippen molar-refractivity contribution in [3.8, 4) is 5.75 Å². The van der Waals surface area contributed by atoms with Gasteiger partial charge >= 0.3 is 0 Å². The molecule has 1 amide bonds. The number of hydrogen-bond acceptors (Lipinski definition) is 5. The number of benzene rings is 1. The number of aryl methyl sites for hydroxylation is 1. The Morgan fingerprint density at radius 2 is 2.19 bits per heavy atom. The number of nitrogens with zero attached hydrogens (tertiary/aromatic N) is 3. The number of nitrogens with one attached hydrogen (secondary N) is 1. The van der Waals surface area contributed by atoms with E-state index in [2.05, 4.69) is 33.9 Å². The van der Waals surface area contributed by atoms with Crippen LogP contribution in [0.2, 0.25) is 0 Å². The van der Waals surface area contributed by atoms with Crippen LogP contribution in [0.5, 0.6) is 5.75 Å². The molecule has 1 fully saturated rings. The summed E-state index contributed by atoms with van der Waals surface area (Å²) in [6.07, 6.45) is 2.35. The van der Waals surface area contributed by atoms with E-state index in [0.717, 1.165) is 22.3 Å². The molecule has 1 heterocycles. The normalized spacial score (nSPS) is 13.8. The maximum absolute atomic E-state index is 12.1. The van der Waals surface area contributed by atoms with Crippen LogP contribution in [0.15, 0.2) is 29.4 Å². The Hall–Kier alpha value is -2.02. The lowest BCUT2D eigenvalue weighted by molar-refractivity contribution is -0.118. The van der Waals surface area contributed by atoms with Crippen molar-refractivity contribution in [1.82, 2.24) is 20.1 Å². The molecule has 1 aliphatic rings.